The first-order valence-corrected chi connectivity index (χ1v) is 10.6. The second-order valence-electron chi connectivity index (χ2n) is 7.92. The van der Waals surface area contributed by atoms with E-state index in [9.17, 15) is 4.39 Å². The topological polar surface area (TPSA) is 55.8 Å². The molecule has 1 aromatic carbocycles. The average Bonchev–Trinajstić information content (AvgIpc) is 3.22. The Hall–Kier alpha value is -2.67. The van der Waals surface area contributed by atoms with Gasteiger partial charge in [0.25, 0.3) is 0 Å². The molecule has 30 heavy (non-hydrogen) atoms. The van der Waals surface area contributed by atoms with Crippen LogP contribution in [0.5, 0.6) is 0 Å². The van der Waals surface area contributed by atoms with Gasteiger partial charge in [-0.1, -0.05) is 30.3 Å². The Kier molecular flexibility index (Phi) is 8.02. The van der Waals surface area contributed by atoms with Crippen molar-refractivity contribution in [2.24, 2.45) is 4.99 Å². The number of pyridine rings is 1. The molecule has 2 aromatic rings. The highest BCUT2D eigenvalue weighted by Crippen LogP contribution is 2.20. The zero-order valence-electron chi connectivity index (χ0n) is 18.2. The molecule has 0 saturated carbocycles. The molecule has 0 amide bonds. The SMILES string of the molecule is CN=C(NCCC(C)N(C)Cc1ccccc1)NC1CCN(c2ncccc2F)C1. The van der Waals surface area contributed by atoms with Crippen LogP contribution in [0.1, 0.15) is 25.3 Å². The van der Waals surface area contributed by atoms with E-state index in [0.29, 0.717) is 18.4 Å². The van der Waals surface area contributed by atoms with Gasteiger partial charge in [-0.15, -0.1) is 0 Å². The molecule has 1 aliphatic heterocycles. The minimum absolute atomic E-state index is 0.218. The minimum atomic E-state index is -0.269. The van der Waals surface area contributed by atoms with Gasteiger partial charge in [-0.25, -0.2) is 9.37 Å². The second kappa shape index (κ2) is 10.9. The summed E-state index contributed by atoms with van der Waals surface area (Å²) in [6.07, 6.45) is 3.57. The van der Waals surface area contributed by atoms with E-state index in [-0.39, 0.29) is 11.9 Å². The molecule has 3 rings (SSSR count). The van der Waals surface area contributed by atoms with E-state index in [2.05, 4.69) is 63.7 Å². The van der Waals surface area contributed by atoms with Gasteiger partial charge < -0.3 is 15.5 Å². The summed E-state index contributed by atoms with van der Waals surface area (Å²) in [5, 5.41) is 6.88. The van der Waals surface area contributed by atoms with E-state index >= 15 is 0 Å². The maximum atomic E-state index is 14.0. The molecule has 0 aliphatic carbocycles. The lowest BCUT2D eigenvalue weighted by molar-refractivity contribution is 0.238. The molecule has 0 radical (unpaired) electrons. The molecular weight excluding hydrogens is 379 g/mol. The molecular formula is C23H33FN6. The van der Waals surface area contributed by atoms with E-state index in [1.807, 2.05) is 11.0 Å². The van der Waals surface area contributed by atoms with Crippen LogP contribution in [0.25, 0.3) is 0 Å². The molecule has 0 spiro atoms. The highest BCUT2D eigenvalue weighted by molar-refractivity contribution is 5.80. The maximum absolute atomic E-state index is 14.0. The summed E-state index contributed by atoms with van der Waals surface area (Å²) in [6, 6.07) is 14.3. The van der Waals surface area contributed by atoms with E-state index in [0.717, 1.165) is 38.4 Å². The lowest BCUT2D eigenvalue weighted by Gasteiger charge is -2.25. The van der Waals surface area contributed by atoms with E-state index in [1.54, 1.807) is 19.3 Å². The number of guanidine groups is 1. The minimum Gasteiger partial charge on any atom is -0.356 e. The fraction of sp³-hybridized carbons (Fsp3) is 0.478. The Bertz CT molecular complexity index is 812. The van der Waals surface area contributed by atoms with E-state index < -0.39 is 0 Å². The van der Waals surface area contributed by atoms with Crippen molar-refractivity contribution in [3.63, 3.8) is 0 Å². The van der Waals surface area contributed by atoms with Crippen LogP contribution >= 0.6 is 0 Å². The summed E-state index contributed by atoms with van der Waals surface area (Å²) in [5.74, 6) is 0.954. The quantitative estimate of drug-likeness (QED) is 0.516. The summed E-state index contributed by atoms with van der Waals surface area (Å²) in [4.78, 5) is 12.9. The van der Waals surface area contributed by atoms with E-state index in [4.69, 9.17) is 0 Å². The molecule has 2 atom stereocenters. The molecule has 1 saturated heterocycles. The Balaban J connectivity index is 1.40. The number of anilines is 1. The monoisotopic (exact) mass is 412 g/mol. The van der Waals surface area contributed by atoms with E-state index in [1.165, 1.54) is 11.6 Å². The number of benzene rings is 1. The highest BCUT2D eigenvalue weighted by Gasteiger charge is 2.25. The third kappa shape index (κ3) is 6.16. The molecule has 1 aromatic heterocycles. The first kappa shape index (κ1) is 22.0. The fourth-order valence-corrected chi connectivity index (χ4v) is 3.72. The van der Waals surface area contributed by atoms with Gasteiger partial charge in [0.1, 0.15) is 0 Å². The molecule has 2 unspecified atom stereocenters. The number of hydrogen-bond donors (Lipinski definition) is 2. The average molecular weight is 413 g/mol. The Morgan fingerprint density at radius 1 is 1.30 bits per heavy atom. The summed E-state index contributed by atoms with van der Waals surface area (Å²) in [6.45, 7) is 5.52. The van der Waals surface area contributed by atoms with Gasteiger partial charge in [0, 0.05) is 51.5 Å². The van der Waals surface area contributed by atoms with Gasteiger partial charge in [0.15, 0.2) is 17.6 Å². The van der Waals surface area contributed by atoms with Crippen LogP contribution in [0.3, 0.4) is 0 Å². The summed E-state index contributed by atoms with van der Waals surface area (Å²) in [7, 11) is 3.94. The Morgan fingerprint density at radius 3 is 2.83 bits per heavy atom. The van der Waals surface area contributed by atoms with Crippen molar-refractivity contribution in [1.82, 2.24) is 20.5 Å². The zero-order valence-corrected chi connectivity index (χ0v) is 18.2. The number of halogens is 1. The van der Waals surface area contributed by atoms with Gasteiger partial charge in [-0.05, 0) is 44.5 Å². The highest BCUT2D eigenvalue weighted by atomic mass is 19.1. The van der Waals surface area contributed by atoms with Crippen LogP contribution in [0.15, 0.2) is 53.7 Å². The van der Waals surface area contributed by atoms with Crippen molar-refractivity contribution < 1.29 is 4.39 Å². The molecule has 1 aliphatic rings. The first-order valence-electron chi connectivity index (χ1n) is 10.6. The van der Waals surface area contributed by atoms with Crippen LogP contribution in [0.4, 0.5) is 10.2 Å². The number of nitrogens with zero attached hydrogens (tertiary/aromatic N) is 4. The van der Waals surface area contributed by atoms with Crippen LogP contribution < -0.4 is 15.5 Å². The number of nitrogens with one attached hydrogen (secondary N) is 2. The first-order chi connectivity index (χ1) is 14.6. The van der Waals surface area contributed by atoms with Crippen LogP contribution in [-0.2, 0) is 6.54 Å². The normalized spacial score (nSPS) is 18.0. The summed E-state index contributed by atoms with van der Waals surface area (Å²) in [5.41, 5.74) is 1.33. The van der Waals surface area contributed by atoms with Crippen molar-refractivity contribution in [3.05, 3.63) is 60.0 Å². The number of hydrogen-bond acceptors (Lipinski definition) is 4. The zero-order chi connectivity index (χ0) is 21.3. The van der Waals surface area contributed by atoms with Crippen LogP contribution in [0, 0.1) is 5.82 Å². The maximum Gasteiger partial charge on any atom is 0.191 e. The van der Waals surface area contributed by atoms with Gasteiger partial charge >= 0.3 is 0 Å². The number of aliphatic imine (C=N–C) groups is 1. The smallest absolute Gasteiger partial charge is 0.191 e. The lowest BCUT2D eigenvalue weighted by Crippen LogP contribution is -2.45. The molecule has 0 bridgehead atoms. The largest absolute Gasteiger partial charge is 0.356 e. The van der Waals surface area contributed by atoms with Gasteiger partial charge in [0.05, 0.1) is 0 Å². The molecule has 6 nitrogen and oxygen atoms in total. The van der Waals surface area contributed by atoms with Gasteiger partial charge in [0.2, 0.25) is 0 Å². The second-order valence-corrected chi connectivity index (χ2v) is 7.92. The van der Waals surface area contributed by atoms with Crippen LogP contribution in [-0.4, -0.2) is 61.7 Å². The molecule has 1 fully saturated rings. The summed E-state index contributed by atoms with van der Waals surface area (Å²) >= 11 is 0. The third-order valence-corrected chi connectivity index (χ3v) is 5.67. The molecule has 2 heterocycles. The Labute approximate surface area is 179 Å². The molecule has 7 heteroatoms. The standard InChI is InChI=1S/C23H33FN6/c1-18(29(3)16-19-8-5-4-6-9-19)11-14-27-23(25-2)28-20-12-15-30(17-20)22-21(24)10-7-13-26-22/h4-10,13,18,20H,11-12,14-17H2,1-3H3,(H2,25,27,28). The van der Waals surface area contributed by atoms with Crippen molar-refractivity contribution in [2.75, 3.05) is 38.6 Å². The molecule has 2 N–H and O–H groups in total. The number of aromatic nitrogens is 1. The number of rotatable bonds is 8. The van der Waals surface area contributed by atoms with Gasteiger partial charge in [-0.3, -0.25) is 9.89 Å². The van der Waals surface area contributed by atoms with Crippen molar-refractivity contribution in [2.45, 2.75) is 38.4 Å². The molecule has 162 valence electrons. The predicted octanol–water partition coefficient (Wildman–Crippen LogP) is 2.88. The van der Waals surface area contributed by atoms with Crippen LogP contribution in [0.2, 0.25) is 0 Å². The summed E-state index contributed by atoms with van der Waals surface area (Å²) < 4.78 is 14.0. The lowest BCUT2D eigenvalue weighted by atomic mass is 10.1. The fourth-order valence-electron chi connectivity index (χ4n) is 3.72. The van der Waals surface area contributed by atoms with Crippen molar-refractivity contribution in [3.8, 4) is 0 Å². The van der Waals surface area contributed by atoms with Gasteiger partial charge in [-0.2, -0.15) is 0 Å². The Morgan fingerprint density at radius 2 is 2.10 bits per heavy atom. The van der Waals surface area contributed by atoms with Crippen molar-refractivity contribution >= 4 is 11.8 Å². The third-order valence-electron chi connectivity index (χ3n) is 5.67. The predicted molar refractivity (Wildman–Crippen MR) is 121 cm³/mol. The van der Waals surface area contributed by atoms with Crippen molar-refractivity contribution in [1.29, 1.82) is 0 Å².